The van der Waals surface area contributed by atoms with Gasteiger partial charge in [0, 0.05) is 4.88 Å². The number of hydrogen-bond acceptors (Lipinski definition) is 3. The maximum atomic E-state index is 12.6. The van der Waals surface area contributed by atoms with Crippen LogP contribution in [0.4, 0.5) is 11.4 Å². The summed E-state index contributed by atoms with van der Waals surface area (Å²) >= 11 is 1.49. The number of nitrogens with zero attached hydrogens (tertiary/aromatic N) is 1. The third-order valence-corrected chi connectivity index (χ3v) is 4.45. The third-order valence-electron chi connectivity index (χ3n) is 3.24. The summed E-state index contributed by atoms with van der Waals surface area (Å²) in [6.45, 7) is 2.12. The highest BCUT2D eigenvalue weighted by Crippen LogP contribution is 2.31. The second-order valence-corrected chi connectivity index (χ2v) is 5.74. The van der Waals surface area contributed by atoms with Crippen molar-refractivity contribution in [2.24, 2.45) is 0 Å². The first-order valence-electron chi connectivity index (χ1n) is 6.48. The van der Waals surface area contributed by atoms with Crippen molar-refractivity contribution in [1.29, 1.82) is 0 Å². The Balaban J connectivity index is 1.97. The summed E-state index contributed by atoms with van der Waals surface area (Å²) in [6.07, 6.45) is 0.912. The van der Waals surface area contributed by atoms with Crippen LogP contribution in [0.25, 0.3) is 0 Å². The van der Waals surface area contributed by atoms with E-state index >= 15 is 0 Å². The molecule has 20 heavy (non-hydrogen) atoms. The largest absolute Gasteiger partial charge is 0.323 e. The van der Waals surface area contributed by atoms with Crippen molar-refractivity contribution in [3.05, 3.63) is 46.2 Å². The van der Waals surface area contributed by atoms with Gasteiger partial charge in [-0.1, -0.05) is 19.1 Å². The summed E-state index contributed by atoms with van der Waals surface area (Å²) in [5.74, 6) is -0.277. The van der Waals surface area contributed by atoms with E-state index in [4.69, 9.17) is 0 Å². The van der Waals surface area contributed by atoms with Crippen molar-refractivity contribution >= 4 is 34.5 Å². The van der Waals surface area contributed by atoms with Gasteiger partial charge in [-0.3, -0.25) is 14.5 Å². The predicted molar refractivity (Wildman–Crippen MR) is 80.4 cm³/mol. The Bertz CT molecular complexity index is 678. The first-order valence-corrected chi connectivity index (χ1v) is 7.30. The van der Waals surface area contributed by atoms with Crippen LogP contribution in [0.3, 0.4) is 0 Å². The number of amides is 2. The van der Waals surface area contributed by atoms with Gasteiger partial charge in [-0.25, -0.2) is 0 Å². The monoisotopic (exact) mass is 286 g/mol. The van der Waals surface area contributed by atoms with Crippen molar-refractivity contribution < 1.29 is 9.59 Å². The molecule has 1 aromatic heterocycles. The Kier molecular flexibility index (Phi) is 3.28. The Labute approximate surface area is 121 Å². The molecule has 1 aromatic carbocycles. The molecular weight excluding hydrogens is 272 g/mol. The molecule has 2 heterocycles. The maximum Gasteiger partial charge on any atom is 0.268 e. The molecule has 0 bridgehead atoms. The van der Waals surface area contributed by atoms with Crippen LogP contribution in [0.15, 0.2) is 36.4 Å². The summed E-state index contributed by atoms with van der Waals surface area (Å²) in [7, 11) is 0. The number of thiophene rings is 1. The minimum absolute atomic E-state index is 0.0647. The lowest BCUT2D eigenvalue weighted by molar-refractivity contribution is -0.115. The normalized spacial score (nSPS) is 13.8. The van der Waals surface area contributed by atoms with Crippen molar-refractivity contribution in [1.82, 2.24) is 0 Å². The standard InChI is InChI=1S/C15H14N2O2S/c1-2-10-7-8-13(20-10)15(19)17-9-14(18)16-11-5-3-4-6-12(11)17/h3-8H,2,9H2,1H3,(H,16,18). The lowest BCUT2D eigenvalue weighted by Gasteiger charge is -2.28. The number of nitrogens with one attached hydrogen (secondary N) is 1. The molecule has 0 fully saturated rings. The molecule has 0 aliphatic carbocycles. The molecule has 0 unspecified atom stereocenters. The molecule has 5 heteroatoms. The molecule has 0 atom stereocenters. The first kappa shape index (κ1) is 12.9. The molecule has 0 saturated heterocycles. The number of aryl methyl sites for hydroxylation is 1. The molecule has 1 N–H and O–H groups in total. The summed E-state index contributed by atoms with van der Waals surface area (Å²) in [5.41, 5.74) is 1.44. The number of para-hydroxylation sites is 2. The van der Waals surface area contributed by atoms with E-state index < -0.39 is 0 Å². The van der Waals surface area contributed by atoms with Gasteiger partial charge < -0.3 is 5.32 Å². The van der Waals surface area contributed by atoms with E-state index in [1.807, 2.05) is 30.3 Å². The Morgan fingerprint density at radius 2 is 2.10 bits per heavy atom. The van der Waals surface area contributed by atoms with Crippen molar-refractivity contribution in [2.75, 3.05) is 16.8 Å². The fourth-order valence-corrected chi connectivity index (χ4v) is 3.13. The second kappa shape index (κ2) is 5.09. The molecule has 0 saturated carbocycles. The quantitative estimate of drug-likeness (QED) is 0.922. The maximum absolute atomic E-state index is 12.6. The summed E-state index contributed by atoms with van der Waals surface area (Å²) in [5, 5.41) is 2.78. The van der Waals surface area contributed by atoms with Crippen LogP contribution >= 0.6 is 11.3 Å². The number of fused-ring (bicyclic) bond motifs is 1. The van der Waals surface area contributed by atoms with Crippen LogP contribution in [0.2, 0.25) is 0 Å². The zero-order chi connectivity index (χ0) is 14.1. The summed E-state index contributed by atoms with van der Waals surface area (Å²) in [6, 6.07) is 11.2. The van der Waals surface area contributed by atoms with Gasteiger partial charge in [-0.15, -0.1) is 11.3 Å². The van der Waals surface area contributed by atoms with E-state index in [0.29, 0.717) is 10.6 Å². The van der Waals surface area contributed by atoms with Crippen LogP contribution in [-0.4, -0.2) is 18.4 Å². The highest BCUT2D eigenvalue weighted by molar-refractivity contribution is 7.14. The minimum atomic E-state index is -0.163. The lowest BCUT2D eigenvalue weighted by Crippen LogP contribution is -2.41. The van der Waals surface area contributed by atoms with Gasteiger partial charge in [0.25, 0.3) is 5.91 Å². The van der Waals surface area contributed by atoms with Crippen LogP contribution in [0.5, 0.6) is 0 Å². The second-order valence-electron chi connectivity index (χ2n) is 4.58. The van der Waals surface area contributed by atoms with Crippen molar-refractivity contribution in [2.45, 2.75) is 13.3 Å². The number of hydrogen-bond donors (Lipinski definition) is 1. The molecule has 0 spiro atoms. The van der Waals surface area contributed by atoms with Gasteiger partial charge in [0.05, 0.1) is 16.3 Å². The summed E-state index contributed by atoms with van der Waals surface area (Å²) in [4.78, 5) is 27.7. The topological polar surface area (TPSA) is 49.4 Å². The van der Waals surface area contributed by atoms with E-state index in [1.165, 1.54) is 16.2 Å². The number of anilines is 2. The zero-order valence-electron chi connectivity index (χ0n) is 11.1. The van der Waals surface area contributed by atoms with Gasteiger partial charge in [0.2, 0.25) is 5.91 Å². The average Bonchev–Trinajstić information content (AvgIpc) is 2.94. The molecule has 102 valence electrons. The van der Waals surface area contributed by atoms with Crippen molar-refractivity contribution in [3.8, 4) is 0 Å². The predicted octanol–water partition coefficient (Wildman–Crippen LogP) is 2.91. The van der Waals surface area contributed by atoms with Crippen LogP contribution in [0, 0.1) is 0 Å². The molecule has 4 nitrogen and oxygen atoms in total. The molecule has 1 aliphatic rings. The molecule has 0 radical (unpaired) electrons. The Hall–Kier alpha value is -2.14. The number of rotatable bonds is 2. The zero-order valence-corrected chi connectivity index (χ0v) is 11.9. The smallest absolute Gasteiger partial charge is 0.268 e. The summed E-state index contributed by atoms with van der Waals surface area (Å²) < 4.78 is 0. The lowest BCUT2D eigenvalue weighted by atomic mass is 10.2. The van der Waals surface area contributed by atoms with E-state index in [1.54, 1.807) is 11.0 Å². The van der Waals surface area contributed by atoms with Crippen LogP contribution in [0.1, 0.15) is 21.5 Å². The van der Waals surface area contributed by atoms with E-state index in [-0.39, 0.29) is 18.4 Å². The van der Waals surface area contributed by atoms with Gasteiger partial charge in [0.15, 0.2) is 0 Å². The fourth-order valence-electron chi connectivity index (χ4n) is 2.23. The van der Waals surface area contributed by atoms with Gasteiger partial charge >= 0.3 is 0 Å². The molecule has 2 aromatic rings. The average molecular weight is 286 g/mol. The van der Waals surface area contributed by atoms with Gasteiger partial charge in [-0.2, -0.15) is 0 Å². The Morgan fingerprint density at radius 1 is 1.30 bits per heavy atom. The fraction of sp³-hybridized carbons (Fsp3) is 0.200. The van der Waals surface area contributed by atoms with E-state index in [2.05, 4.69) is 12.2 Å². The number of carbonyl (C=O) groups is 2. The molecule has 2 amide bonds. The molecule has 1 aliphatic heterocycles. The first-order chi connectivity index (χ1) is 9.69. The molecule has 3 rings (SSSR count). The van der Waals surface area contributed by atoms with E-state index in [0.717, 1.165) is 12.1 Å². The highest BCUT2D eigenvalue weighted by Gasteiger charge is 2.28. The van der Waals surface area contributed by atoms with Gasteiger partial charge in [0.1, 0.15) is 6.54 Å². The van der Waals surface area contributed by atoms with Crippen LogP contribution in [-0.2, 0) is 11.2 Å². The SMILES string of the molecule is CCc1ccc(C(=O)N2CC(=O)Nc3ccccc32)s1. The third kappa shape index (κ3) is 2.20. The molecular formula is C15H14N2O2S. The van der Waals surface area contributed by atoms with E-state index in [9.17, 15) is 9.59 Å². The number of benzene rings is 1. The highest BCUT2D eigenvalue weighted by atomic mass is 32.1. The minimum Gasteiger partial charge on any atom is -0.323 e. The Morgan fingerprint density at radius 3 is 2.85 bits per heavy atom. The van der Waals surface area contributed by atoms with Crippen molar-refractivity contribution in [3.63, 3.8) is 0 Å². The van der Waals surface area contributed by atoms with Crippen LogP contribution < -0.4 is 10.2 Å². The van der Waals surface area contributed by atoms with Gasteiger partial charge in [-0.05, 0) is 30.7 Å². The number of carbonyl (C=O) groups excluding carboxylic acids is 2.